The summed E-state index contributed by atoms with van der Waals surface area (Å²) in [6, 6.07) is 12.5. The van der Waals surface area contributed by atoms with Crippen molar-refractivity contribution in [3.05, 3.63) is 52.4 Å². The van der Waals surface area contributed by atoms with Crippen molar-refractivity contribution in [2.24, 2.45) is 0 Å². The lowest BCUT2D eigenvalue weighted by Crippen LogP contribution is -2.42. The number of fused-ring (bicyclic) bond motifs is 1. The quantitative estimate of drug-likeness (QED) is 0.211. The zero-order chi connectivity index (χ0) is 20.7. The van der Waals surface area contributed by atoms with E-state index in [-0.39, 0.29) is 0 Å². The molecule has 0 spiro atoms. The zero-order valence-electron chi connectivity index (χ0n) is 17.8. The smallest absolute Gasteiger partial charge is 0.239 e. The van der Waals surface area contributed by atoms with Crippen molar-refractivity contribution in [2.45, 2.75) is 64.8 Å². The first kappa shape index (κ1) is 22.4. The number of halogens is 2. The molecule has 0 radical (unpaired) electrons. The molecule has 158 valence electrons. The van der Waals surface area contributed by atoms with Gasteiger partial charge < -0.3 is 4.90 Å². The van der Waals surface area contributed by atoms with Crippen LogP contribution in [-0.4, -0.2) is 34.6 Å². The van der Waals surface area contributed by atoms with E-state index in [4.69, 9.17) is 28.2 Å². The number of pyridine rings is 1. The molecule has 1 aromatic heterocycles. The number of unbranched alkanes of at least 4 members (excludes halogenated alkanes) is 7. The molecule has 0 saturated heterocycles. The van der Waals surface area contributed by atoms with Crippen molar-refractivity contribution < 1.29 is 4.48 Å². The highest BCUT2D eigenvalue weighted by Crippen LogP contribution is 2.36. The molecule has 2 heterocycles. The summed E-state index contributed by atoms with van der Waals surface area (Å²) in [5.74, 6) is 0. The first-order valence-electron chi connectivity index (χ1n) is 11.0. The van der Waals surface area contributed by atoms with Gasteiger partial charge in [0.15, 0.2) is 11.8 Å². The predicted molar refractivity (Wildman–Crippen MR) is 125 cm³/mol. The maximum atomic E-state index is 6.69. The normalized spacial score (nSPS) is 19.5. The fourth-order valence-corrected chi connectivity index (χ4v) is 4.71. The highest BCUT2D eigenvalue weighted by molar-refractivity contribution is 6.38. The number of aromatic nitrogens is 1. The Balaban J connectivity index is 1.51. The minimum atomic E-state index is 0.586. The molecule has 29 heavy (non-hydrogen) atoms. The number of quaternary nitrogens is 1. The van der Waals surface area contributed by atoms with Crippen LogP contribution in [0.2, 0.25) is 0 Å². The Labute approximate surface area is 185 Å². The molecule has 3 rings (SSSR count). The molecular formula is C24H34Cl2N3+. The Bertz CT molecular complexity index is 836. The van der Waals surface area contributed by atoms with Crippen LogP contribution in [0.1, 0.15) is 64.0 Å². The van der Waals surface area contributed by atoms with Crippen LogP contribution in [0.5, 0.6) is 0 Å². The Kier molecular flexibility index (Phi) is 8.23. The summed E-state index contributed by atoms with van der Waals surface area (Å²) in [5.41, 5.74) is 2.07. The molecule has 1 aliphatic rings. The van der Waals surface area contributed by atoms with Gasteiger partial charge in [-0.05, 0) is 30.2 Å². The number of para-hydroxylation sites is 1. The van der Waals surface area contributed by atoms with Crippen molar-refractivity contribution in [1.82, 2.24) is 9.88 Å². The predicted octanol–water partition coefficient (Wildman–Crippen LogP) is 7.20. The molecule has 0 aliphatic carbocycles. The van der Waals surface area contributed by atoms with Gasteiger partial charge >= 0.3 is 0 Å². The second kappa shape index (κ2) is 10.7. The van der Waals surface area contributed by atoms with Crippen LogP contribution in [0, 0.1) is 0 Å². The van der Waals surface area contributed by atoms with Crippen LogP contribution >= 0.6 is 23.2 Å². The van der Waals surface area contributed by atoms with Gasteiger partial charge in [0.1, 0.15) is 6.54 Å². The number of nitrogens with zero attached hydrogens (tertiary/aromatic N) is 3. The molecule has 0 amide bonds. The van der Waals surface area contributed by atoms with E-state index in [0.29, 0.717) is 9.64 Å². The van der Waals surface area contributed by atoms with Crippen LogP contribution in [0.15, 0.2) is 46.7 Å². The Hall–Kier alpha value is -1.29. The minimum absolute atomic E-state index is 0.586. The second-order valence-corrected chi connectivity index (χ2v) is 9.23. The molecule has 1 aliphatic heterocycles. The zero-order valence-corrected chi connectivity index (χ0v) is 19.4. The maximum Gasteiger partial charge on any atom is 0.239 e. The van der Waals surface area contributed by atoms with Crippen molar-refractivity contribution in [3.63, 3.8) is 0 Å². The van der Waals surface area contributed by atoms with E-state index >= 15 is 0 Å². The van der Waals surface area contributed by atoms with Gasteiger partial charge in [0.25, 0.3) is 0 Å². The lowest BCUT2D eigenvalue weighted by Gasteiger charge is -2.29. The van der Waals surface area contributed by atoms with E-state index in [1.165, 1.54) is 51.4 Å². The van der Waals surface area contributed by atoms with Crippen LogP contribution in [-0.2, 0) is 6.54 Å². The Morgan fingerprint density at radius 1 is 0.931 bits per heavy atom. The molecule has 0 bridgehead atoms. The molecule has 0 saturated carbocycles. The fraction of sp³-hybridized carbons (Fsp3) is 0.542. The lowest BCUT2D eigenvalue weighted by atomic mass is 10.1. The van der Waals surface area contributed by atoms with Gasteiger partial charge in [-0.15, -0.1) is 0 Å². The summed E-state index contributed by atoms with van der Waals surface area (Å²) < 4.78 is 0.586. The molecule has 3 nitrogen and oxygen atoms in total. The molecule has 0 N–H and O–H groups in total. The van der Waals surface area contributed by atoms with Crippen molar-refractivity contribution in [2.75, 3.05) is 20.3 Å². The van der Waals surface area contributed by atoms with Gasteiger partial charge in [0.05, 0.1) is 18.3 Å². The number of benzene rings is 1. The second-order valence-electron chi connectivity index (χ2n) is 8.51. The standard InChI is InChI=1S/C24H34Cl2N3/c1-3-4-5-6-7-8-9-12-17-28-19-29(2,24(26)23(28)25)18-21-16-15-20-13-10-11-14-22(20)27-21/h10-11,13-16H,3-9,12,17-19H2,1-2H3/q+1. The SMILES string of the molecule is CCCCCCCCCCN1C[N+](C)(Cc2ccc3ccccc3n2)C(Cl)=C1Cl. The summed E-state index contributed by atoms with van der Waals surface area (Å²) in [4.78, 5) is 7.07. The van der Waals surface area contributed by atoms with Gasteiger partial charge in [0, 0.05) is 11.9 Å². The Morgan fingerprint density at radius 2 is 1.62 bits per heavy atom. The first-order chi connectivity index (χ1) is 14.0. The summed E-state index contributed by atoms with van der Waals surface area (Å²) >= 11 is 13.3. The largest absolute Gasteiger partial charge is 0.309 e. The van der Waals surface area contributed by atoms with Gasteiger partial charge in [0.2, 0.25) is 5.16 Å². The Morgan fingerprint density at radius 3 is 2.38 bits per heavy atom. The third kappa shape index (κ3) is 5.87. The van der Waals surface area contributed by atoms with Crippen LogP contribution in [0.25, 0.3) is 10.9 Å². The van der Waals surface area contributed by atoms with Crippen LogP contribution < -0.4 is 0 Å². The molecule has 1 aromatic carbocycles. The minimum Gasteiger partial charge on any atom is -0.309 e. The van der Waals surface area contributed by atoms with E-state index in [1.54, 1.807) is 0 Å². The molecule has 5 heteroatoms. The lowest BCUT2D eigenvalue weighted by molar-refractivity contribution is -0.881. The molecule has 0 fully saturated rings. The van der Waals surface area contributed by atoms with Gasteiger partial charge in [-0.25, -0.2) is 4.98 Å². The van der Waals surface area contributed by atoms with Gasteiger partial charge in [-0.1, -0.05) is 87.7 Å². The summed E-state index contributed by atoms with van der Waals surface area (Å²) in [6.45, 7) is 4.79. The van der Waals surface area contributed by atoms with E-state index in [1.807, 2.05) is 12.1 Å². The average molecular weight is 435 g/mol. The van der Waals surface area contributed by atoms with Crippen LogP contribution in [0.3, 0.4) is 0 Å². The van der Waals surface area contributed by atoms with E-state index in [9.17, 15) is 0 Å². The van der Waals surface area contributed by atoms with E-state index in [0.717, 1.165) is 41.5 Å². The fourth-order valence-electron chi connectivity index (χ4n) is 4.13. The average Bonchev–Trinajstić information content (AvgIpc) is 2.93. The molecule has 1 unspecified atom stereocenters. The van der Waals surface area contributed by atoms with Crippen molar-refractivity contribution in [3.8, 4) is 0 Å². The van der Waals surface area contributed by atoms with E-state index < -0.39 is 0 Å². The summed E-state index contributed by atoms with van der Waals surface area (Å²) in [6.07, 6.45) is 10.5. The molecule has 1 atom stereocenters. The molecular weight excluding hydrogens is 401 g/mol. The van der Waals surface area contributed by atoms with Crippen LogP contribution in [0.4, 0.5) is 0 Å². The number of hydrogen-bond donors (Lipinski definition) is 0. The van der Waals surface area contributed by atoms with Gasteiger partial charge in [-0.2, -0.15) is 0 Å². The summed E-state index contributed by atoms with van der Waals surface area (Å²) in [7, 11) is 2.15. The third-order valence-corrected chi connectivity index (χ3v) is 6.96. The highest BCUT2D eigenvalue weighted by Gasteiger charge is 2.40. The number of hydrogen-bond acceptors (Lipinski definition) is 2. The van der Waals surface area contributed by atoms with Gasteiger partial charge in [-0.3, -0.25) is 4.48 Å². The first-order valence-corrected chi connectivity index (χ1v) is 11.8. The third-order valence-electron chi connectivity index (χ3n) is 5.85. The molecule has 2 aromatic rings. The van der Waals surface area contributed by atoms with Crippen molar-refractivity contribution in [1.29, 1.82) is 0 Å². The van der Waals surface area contributed by atoms with Crippen molar-refractivity contribution >= 4 is 34.1 Å². The topological polar surface area (TPSA) is 16.1 Å². The summed E-state index contributed by atoms with van der Waals surface area (Å²) in [5, 5.41) is 2.59. The highest BCUT2D eigenvalue weighted by atomic mass is 35.5. The van der Waals surface area contributed by atoms with E-state index in [2.05, 4.69) is 43.1 Å². The number of rotatable bonds is 11. The maximum absolute atomic E-state index is 6.69. The monoisotopic (exact) mass is 434 g/mol.